The Bertz CT molecular complexity index is 1290. The first-order valence-electron chi connectivity index (χ1n) is 10.6. The number of sulfone groups is 1. The first-order valence-corrected chi connectivity index (χ1v) is 12.5. The average molecular weight is 504 g/mol. The van der Waals surface area contributed by atoms with E-state index in [9.17, 15) is 27.8 Å². The quantitative estimate of drug-likeness (QED) is 0.326. The van der Waals surface area contributed by atoms with Crippen molar-refractivity contribution in [3.8, 4) is 0 Å². The van der Waals surface area contributed by atoms with Crippen LogP contribution >= 0.6 is 0 Å². The summed E-state index contributed by atoms with van der Waals surface area (Å²) in [6, 6.07) is 12.0. The van der Waals surface area contributed by atoms with Gasteiger partial charge in [-0.3, -0.25) is 4.79 Å². The smallest absolute Gasteiger partial charge is 0.259 e. The van der Waals surface area contributed by atoms with E-state index < -0.39 is 32.5 Å². The molecule has 0 radical (unpaired) electrons. The fourth-order valence-corrected chi connectivity index (χ4v) is 3.99. The Balaban J connectivity index is 1.97. The van der Waals surface area contributed by atoms with E-state index in [-0.39, 0.29) is 42.8 Å². The third-order valence-corrected chi connectivity index (χ3v) is 6.21. The predicted octanol–water partition coefficient (Wildman–Crippen LogP) is 1.97. The van der Waals surface area contributed by atoms with Gasteiger partial charge >= 0.3 is 0 Å². The van der Waals surface area contributed by atoms with Crippen molar-refractivity contribution in [2.24, 2.45) is 0 Å². The van der Waals surface area contributed by atoms with Crippen LogP contribution in [0.4, 0.5) is 21.8 Å². The molecule has 0 aliphatic heterocycles. The second-order valence-electron chi connectivity index (χ2n) is 7.74. The maximum atomic E-state index is 14.3. The zero-order valence-corrected chi connectivity index (χ0v) is 20.0. The molecule has 0 saturated carbocycles. The molecule has 2 aromatic carbocycles. The summed E-state index contributed by atoms with van der Waals surface area (Å²) < 4.78 is 37.6. The third kappa shape index (κ3) is 6.50. The van der Waals surface area contributed by atoms with Crippen LogP contribution in [-0.4, -0.2) is 72.5 Å². The predicted molar refractivity (Wildman–Crippen MR) is 129 cm³/mol. The summed E-state index contributed by atoms with van der Waals surface area (Å²) in [7, 11) is -2.21. The van der Waals surface area contributed by atoms with Gasteiger partial charge in [0.15, 0.2) is 9.84 Å². The highest BCUT2D eigenvalue weighted by Gasteiger charge is 2.22. The van der Waals surface area contributed by atoms with Crippen molar-refractivity contribution in [3.05, 3.63) is 71.7 Å². The minimum atomic E-state index is -3.73. The van der Waals surface area contributed by atoms with E-state index in [4.69, 9.17) is 0 Å². The number of benzene rings is 2. The van der Waals surface area contributed by atoms with Gasteiger partial charge in [0.2, 0.25) is 5.95 Å². The molecule has 1 heterocycles. The molecule has 1 aromatic heterocycles. The Kier molecular flexibility index (Phi) is 8.33. The number of hydrogen-bond acceptors (Lipinski definition) is 9. The molecule has 0 saturated heterocycles. The number of anilines is 3. The lowest BCUT2D eigenvalue weighted by Gasteiger charge is -2.22. The van der Waals surface area contributed by atoms with E-state index in [0.717, 1.165) is 24.0 Å². The summed E-state index contributed by atoms with van der Waals surface area (Å²) in [6.45, 7) is -0.439. The van der Waals surface area contributed by atoms with Crippen molar-refractivity contribution in [2.45, 2.75) is 10.9 Å². The van der Waals surface area contributed by atoms with Gasteiger partial charge in [0.1, 0.15) is 22.1 Å². The number of hydrogen-bond donors (Lipinski definition) is 4. The Morgan fingerprint density at radius 2 is 1.89 bits per heavy atom. The number of likely N-dealkylation sites (N-methyl/N-ethyl adjacent to an activating group) is 1. The lowest BCUT2D eigenvalue weighted by Crippen LogP contribution is -2.31. The molecule has 1 amide bonds. The van der Waals surface area contributed by atoms with Gasteiger partial charge < -0.3 is 25.7 Å². The number of carbonyl (C=O) groups excluding carboxylic acids is 1. The van der Waals surface area contributed by atoms with Crippen molar-refractivity contribution < 1.29 is 27.8 Å². The summed E-state index contributed by atoms with van der Waals surface area (Å²) in [6.07, 6.45) is 2.18. The molecule has 1 atom stereocenters. The van der Waals surface area contributed by atoms with Crippen molar-refractivity contribution in [1.82, 2.24) is 14.9 Å². The number of aliphatic hydroxyl groups excluding tert-OH is 2. The number of aromatic nitrogens is 2. The first kappa shape index (κ1) is 26.0. The molecular formula is C23H26FN5O5S. The lowest BCUT2D eigenvalue weighted by atomic mass is 10.1. The number of amides is 1. The molecule has 12 heteroatoms. The summed E-state index contributed by atoms with van der Waals surface area (Å²) >= 11 is 0. The number of rotatable bonds is 10. The van der Waals surface area contributed by atoms with Crippen LogP contribution in [0.5, 0.6) is 0 Å². The van der Waals surface area contributed by atoms with Crippen molar-refractivity contribution in [3.63, 3.8) is 0 Å². The van der Waals surface area contributed by atoms with Gasteiger partial charge in [-0.15, -0.1) is 0 Å². The van der Waals surface area contributed by atoms with Crippen LogP contribution in [0.3, 0.4) is 0 Å². The van der Waals surface area contributed by atoms with Crippen LogP contribution < -0.4 is 10.6 Å². The Hall–Kier alpha value is -3.61. The molecule has 0 bridgehead atoms. The van der Waals surface area contributed by atoms with E-state index in [2.05, 4.69) is 20.6 Å². The molecule has 4 N–H and O–H groups in total. The van der Waals surface area contributed by atoms with Crippen LogP contribution in [0, 0.1) is 5.82 Å². The van der Waals surface area contributed by atoms with Crippen LogP contribution in [0.15, 0.2) is 59.6 Å². The zero-order chi connectivity index (χ0) is 25.6. The van der Waals surface area contributed by atoms with Gasteiger partial charge in [-0.05, 0) is 23.8 Å². The van der Waals surface area contributed by atoms with Crippen molar-refractivity contribution in [2.75, 3.05) is 43.7 Å². The number of halogens is 1. The monoisotopic (exact) mass is 503 g/mol. The Labute approximate surface area is 202 Å². The summed E-state index contributed by atoms with van der Waals surface area (Å²) in [5, 5.41) is 25.0. The minimum Gasteiger partial charge on any atom is -0.395 e. The molecular weight excluding hydrogens is 477 g/mol. The standard InChI is InChI=1S/C23H26FN5O5S/c1-29(10-11-30)22(32)17-13-25-23(26-16-8-9-20(18(24)12-16)35(2,33)34)28-21(17)27-19(14-31)15-6-4-3-5-7-15/h3-9,12-13,19,30-31H,10-11,14H2,1-2H3,(H2,25,26,27,28)/t19-/m1/s1. The summed E-state index contributed by atoms with van der Waals surface area (Å²) in [4.78, 5) is 22.3. The van der Waals surface area contributed by atoms with Crippen molar-refractivity contribution in [1.29, 1.82) is 0 Å². The number of carbonyl (C=O) groups is 1. The molecule has 3 rings (SSSR count). The van der Waals surface area contributed by atoms with E-state index in [1.165, 1.54) is 24.2 Å². The summed E-state index contributed by atoms with van der Waals surface area (Å²) in [5.41, 5.74) is 1.04. The van der Waals surface area contributed by atoms with Gasteiger partial charge in [-0.25, -0.2) is 17.8 Å². The lowest BCUT2D eigenvalue weighted by molar-refractivity contribution is 0.0767. The van der Waals surface area contributed by atoms with E-state index >= 15 is 0 Å². The largest absolute Gasteiger partial charge is 0.395 e. The molecule has 0 spiro atoms. The van der Waals surface area contributed by atoms with Gasteiger partial charge in [0, 0.05) is 31.7 Å². The Morgan fingerprint density at radius 3 is 2.49 bits per heavy atom. The fraction of sp³-hybridized carbons (Fsp3) is 0.261. The second kappa shape index (κ2) is 11.2. The highest BCUT2D eigenvalue weighted by molar-refractivity contribution is 7.90. The number of nitrogens with zero attached hydrogens (tertiary/aromatic N) is 3. The fourth-order valence-electron chi connectivity index (χ4n) is 3.26. The molecule has 186 valence electrons. The Morgan fingerprint density at radius 1 is 1.17 bits per heavy atom. The zero-order valence-electron chi connectivity index (χ0n) is 19.1. The molecule has 35 heavy (non-hydrogen) atoms. The molecule has 10 nitrogen and oxygen atoms in total. The van der Waals surface area contributed by atoms with Gasteiger partial charge in [0.05, 0.1) is 19.3 Å². The minimum absolute atomic E-state index is 0.00474. The molecule has 0 aliphatic rings. The third-order valence-electron chi connectivity index (χ3n) is 5.08. The molecule has 3 aromatic rings. The summed E-state index contributed by atoms with van der Waals surface area (Å²) in [5.74, 6) is -1.28. The van der Waals surface area contributed by atoms with E-state index in [0.29, 0.717) is 0 Å². The first-order chi connectivity index (χ1) is 16.6. The van der Waals surface area contributed by atoms with E-state index in [1.54, 1.807) is 12.1 Å². The average Bonchev–Trinajstić information content (AvgIpc) is 2.82. The van der Waals surface area contributed by atoms with Crippen LogP contribution in [-0.2, 0) is 9.84 Å². The number of nitrogens with one attached hydrogen (secondary N) is 2. The second-order valence-corrected chi connectivity index (χ2v) is 9.72. The molecule has 0 fully saturated rings. The highest BCUT2D eigenvalue weighted by Crippen LogP contribution is 2.25. The SMILES string of the molecule is CN(CCO)C(=O)c1cnc(Nc2ccc(S(C)(=O)=O)c(F)c2)nc1N[C@H](CO)c1ccccc1. The van der Waals surface area contributed by atoms with E-state index in [1.807, 2.05) is 18.2 Å². The molecule has 0 aliphatic carbocycles. The van der Waals surface area contributed by atoms with Crippen LogP contribution in [0.2, 0.25) is 0 Å². The van der Waals surface area contributed by atoms with Gasteiger partial charge in [-0.1, -0.05) is 30.3 Å². The maximum absolute atomic E-state index is 14.3. The van der Waals surface area contributed by atoms with Crippen LogP contribution in [0.1, 0.15) is 22.0 Å². The van der Waals surface area contributed by atoms with Gasteiger partial charge in [-0.2, -0.15) is 4.98 Å². The highest BCUT2D eigenvalue weighted by atomic mass is 32.2. The number of aliphatic hydroxyl groups is 2. The maximum Gasteiger partial charge on any atom is 0.259 e. The van der Waals surface area contributed by atoms with Gasteiger partial charge in [0.25, 0.3) is 5.91 Å². The van der Waals surface area contributed by atoms with Crippen molar-refractivity contribution >= 4 is 33.2 Å². The van der Waals surface area contributed by atoms with Crippen LogP contribution in [0.25, 0.3) is 0 Å². The normalized spacial score (nSPS) is 12.1. The topological polar surface area (TPSA) is 145 Å². The molecule has 0 unspecified atom stereocenters.